The average molecular weight is 575 g/mol. The fourth-order valence-corrected chi connectivity index (χ4v) is 4.79. The average Bonchev–Trinajstić information content (AvgIpc) is 3.64. The molecule has 24 radical (unpaired) electrons. The molecule has 0 aromatic rings. The number of rotatable bonds is 7. The van der Waals surface area contributed by atoms with Gasteiger partial charge in [0.1, 0.15) is 0 Å². The molecule has 0 saturated heterocycles. The van der Waals surface area contributed by atoms with Crippen LogP contribution in [0.25, 0.3) is 0 Å². The lowest BCUT2D eigenvalue weighted by molar-refractivity contribution is 0.493. The largest absolute Gasteiger partial charge is 0.0901 e. The minimum Gasteiger partial charge on any atom is -0.0901 e. The predicted octanol–water partition coefficient (Wildman–Crippen LogP) is -1.96. The Morgan fingerprint density at radius 3 is 1.18 bits per heavy atom. The van der Waals surface area contributed by atoms with Gasteiger partial charge in [-0.15, -0.1) is 0 Å². The number of allylic oxidation sites excluding steroid dienone is 6. The fraction of sp³-hybridized carbons (Fsp3) is 0.647. The van der Waals surface area contributed by atoms with Crippen molar-refractivity contribution in [1.29, 1.82) is 0 Å². The van der Waals surface area contributed by atoms with Crippen molar-refractivity contribution in [2.45, 2.75) is 33.6 Å². The third kappa shape index (κ3) is 15.5. The maximum Gasteiger partial charge on any atom is 0 e. The van der Waals surface area contributed by atoms with E-state index in [1.807, 2.05) is 4.93 Å². The standard InChI is InChI=1S/C8H12.C7H8.CH3I.CH4.B11.B9/c1-6-4-7-2-3-8(6)5-7;1-2-7-4-3-6(1)5-7;1-2;;1-7-10(6)11(8(2)3)9(4)5;1-6-9(7(2)3)8(4)5/h2-3,6-8H,4-5H2,1H3;1-4,6-7H,5H2;1H3;1H4;;. The van der Waals surface area contributed by atoms with Crippen LogP contribution in [0, 0.1) is 29.6 Å². The van der Waals surface area contributed by atoms with Gasteiger partial charge in [0.15, 0.2) is 0 Å². The molecule has 0 aromatic carbocycles. The second kappa shape index (κ2) is 22.8. The number of hydrogen-bond donors (Lipinski definition) is 0. The molecule has 0 spiro atoms. The molecule has 38 heavy (non-hydrogen) atoms. The van der Waals surface area contributed by atoms with Gasteiger partial charge in [-0.05, 0) is 53.8 Å². The van der Waals surface area contributed by atoms with Gasteiger partial charge in [0, 0.05) is 144 Å². The second-order valence-electron chi connectivity index (χ2n) is 10.0. The monoisotopic (exact) mass is 578 g/mol. The van der Waals surface area contributed by atoms with E-state index in [-0.39, 0.29) is 20.2 Å². The van der Waals surface area contributed by atoms with E-state index in [0.29, 0.717) is 0 Å². The van der Waals surface area contributed by atoms with Crippen LogP contribution in [-0.4, -0.2) is 149 Å². The van der Waals surface area contributed by atoms with Crippen LogP contribution < -0.4 is 0 Å². The normalized spacial score (nSPS) is 23.2. The van der Waals surface area contributed by atoms with Gasteiger partial charge in [-0.2, -0.15) is 0 Å². The maximum absolute atomic E-state index is 5.52. The van der Waals surface area contributed by atoms with Crippen molar-refractivity contribution in [2.75, 3.05) is 4.93 Å². The van der Waals surface area contributed by atoms with Gasteiger partial charge in [0.25, 0.3) is 0 Å². The molecule has 0 heterocycles. The highest BCUT2D eigenvalue weighted by molar-refractivity contribution is 14.1. The summed E-state index contributed by atoms with van der Waals surface area (Å²) in [6.45, 7) is 2.37. The van der Waals surface area contributed by atoms with E-state index in [4.69, 9.17) is 85.1 Å². The molecule has 3 atom stereocenters. The van der Waals surface area contributed by atoms with Crippen LogP contribution in [0.4, 0.5) is 0 Å². The van der Waals surface area contributed by atoms with Gasteiger partial charge >= 0.3 is 0 Å². The third-order valence-corrected chi connectivity index (χ3v) is 7.03. The Labute approximate surface area is 269 Å². The number of hydrogen-bond acceptors (Lipinski definition) is 0. The zero-order valence-corrected chi connectivity index (χ0v) is 24.6. The summed E-state index contributed by atoms with van der Waals surface area (Å²) in [6.07, 6.45) is 14.6. The molecule has 0 aromatic heterocycles. The molecule has 0 amide bonds. The van der Waals surface area contributed by atoms with Crippen molar-refractivity contribution in [3.05, 3.63) is 36.5 Å². The Morgan fingerprint density at radius 2 is 1.08 bits per heavy atom. The lowest BCUT2D eigenvalue weighted by Crippen LogP contribution is -2.63. The SMILES string of the molecule is C.C1=CC2C=CC1C2.CC1CC2C=CC1C2.CI.[B][B]B(B([B])[B])B([B])[B].[B][B]B([B])B(B([B])[B])B([B])[B]. The second-order valence-corrected chi connectivity index (χ2v) is 10.0. The van der Waals surface area contributed by atoms with Crippen molar-refractivity contribution in [2.24, 2.45) is 29.6 Å². The van der Waals surface area contributed by atoms with E-state index >= 15 is 0 Å². The van der Waals surface area contributed by atoms with Crippen LogP contribution in [0.1, 0.15) is 33.6 Å². The van der Waals surface area contributed by atoms with E-state index in [1.165, 1.54) is 33.4 Å². The summed E-state index contributed by atoms with van der Waals surface area (Å²) in [7, 11) is 60.9. The van der Waals surface area contributed by atoms with Crippen LogP contribution in [0.3, 0.4) is 0 Å². The molecule has 0 nitrogen and oxygen atoms in total. The Balaban J connectivity index is 0. The molecule has 21 heteroatoms. The van der Waals surface area contributed by atoms with Crippen molar-refractivity contribution in [3.63, 3.8) is 0 Å². The fourth-order valence-electron chi connectivity index (χ4n) is 4.79. The molecule has 1 saturated carbocycles. The van der Waals surface area contributed by atoms with Gasteiger partial charge in [-0.25, -0.2) is 0 Å². The molecule has 162 valence electrons. The highest BCUT2D eigenvalue weighted by Gasteiger charge is 2.32. The van der Waals surface area contributed by atoms with E-state index in [2.05, 4.69) is 66.0 Å². The first kappa shape index (κ1) is 41.4. The Hall–Kier alpha value is 1.25. The first-order valence-electron chi connectivity index (χ1n) is 12.7. The third-order valence-electron chi connectivity index (χ3n) is 7.03. The summed E-state index contributed by atoms with van der Waals surface area (Å²) >= 11 is 2.15. The van der Waals surface area contributed by atoms with Crippen molar-refractivity contribution >= 4 is 167 Å². The summed E-state index contributed by atoms with van der Waals surface area (Å²) in [5.41, 5.74) is 0. The van der Waals surface area contributed by atoms with Crippen LogP contribution in [0.5, 0.6) is 0 Å². The van der Waals surface area contributed by atoms with Crippen LogP contribution in [0.15, 0.2) is 36.5 Å². The molecule has 4 aliphatic carbocycles. The highest BCUT2D eigenvalue weighted by atomic mass is 127. The molecule has 0 aliphatic heterocycles. The minimum absolute atomic E-state index is 0. The Kier molecular flexibility index (Phi) is 24.8. The number of fused-ring (bicyclic) bond motifs is 4. The zero-order chi connectivity index (χ0) is 28.7. The lowest BCUT2D eigenvalue weighted by Gasteiger charge is -2.25. The van der Waals surface area contributed by atoms with Crippen molar-refractivity contribution < 1.29 is 0 Å². The van der Waals surface area contributed by atoms with E-state index in [1.54, 1.807) is 0 Å². The molecule has 1 fully saturated rings. The molecule has 4 bridgehead atoms. The summed E-state index contributed by atoms with van der Waals surface area (Å²) < 4.78 is 0. The minimum atomic E-state index is -0.648. The van der Waals surface area contributed by atoms with Gasteiger partial charge < -0.3 is 0 Å². The predicted molar refractivity (Wildman–Crippen MR) is 206 cm³/mol. The number of halogens is 1. The van der Waals surface area contributed by atoms with Crippen molar-refractivity contribution in [3.8, 4) is 0 Å². The number of alkyl halides is 1. The van der Waals surface area contributed by atoms with Crippen LogP contribution in [-0.2, 0) is 0 Å². The smallest absolute Gasteiger partial charge is 0 e. The van der Waals surface area contributed by atoms with E-state index in [9.17, 15) is 0 Å². The Bertz CT molecular complexity index is 630. The molecular formula is C17H27B20I. The first-order valence-corrected chi connectivity index (χ1v) is 14.9. The summed E-state index contributed by atoms with van der Waals surface area (Å²) in [4.78, 5) is 1.97. The molecule has 4 aliphatic rings. The van der Waals surface area contributed by atoms with Crippen LogP contribution >= 0.6 is 22.6 Å². The van der Waals surface area contributed by atoms with E-state index < -0.39 is 31.9 Å². The van der Waals surface area contributed by atoms with Crippen molar-refractivity contribution in [1.82, 2.24) is 0 Å². The molecular weight excluding hydrogens is 547 g/mol. The van der Waals surface area contributed by atoms with E-state index in [0.717, 1.165) is 29.6 Å². The molecule has 3 unspecified atom stereocenters. The molecule has 4 rings (SSSR count). The Morgan fingerprint density at radius 1 is 0.632 bits per heavy atom. The maximum atomic E-state index is 5.52. The zero-order valence-electron chi connectivity index (χ0n) is 22.4. The highest BCUT2D eigenvalue weighted by Crippen LogP contribution is 2.42. The van der Waals surface area contributed by atoms with Gasteiger partial charge in [0.05, 0.1) is 0 Å². The van der Waals surface area contributed by atoms with Gasteiger partial charge in [-0.3, -0.25) is 0 Å². The van der Waals surface area contributed by atoms with Gasteiger partial charge in [0.2, 0.25) is 0 Å². The van der Waals surface area contributed by atoms with Gasteiger partial charge in [-0.1, -0.05) is 73.4 Å². The summed E-state index contributed by atoms with van der Waals surface area (Å²) in [6, 6.07) is 0. The summed E-state index contributed by atoms with van der Waals surface area (Å²) in [5, 5.41) is 0. The quantitative estimate of drug-likeness (QED) is 0.144. The lowest BCUT2D eigenvalue weighted by atomic mass is 8.56. The topological polar surface area (TPSA) is 0 Å². The molecule has 0 N–H and O–H groups in total. The summed E-state index contributed by atoms with van der Waals surface area (Å²) in [5.74, 6) is 4.54. The van der Waals surface area contributed by atoms with Crippen LogP contribution in [0.2, 0.25) is 0 Å². The first-order chi connectivity index (χ1) is 17.4.